The van der Waals surface area contributed by atoms with E-state index in [2.05, 4.69) is 124 Å². The van der Waals surface area contributed by atoms with Gasteiger partial charge in [0.2, 0.25) is 0 Å². The second-order valence-corrected chi connectivity index (χ2v) is 10.6. The van der Waals surface area contributed by atoms with Gasteiger partial charge in [0, 0.05) is 18.0 Å². The normalized spacial score (nSPS) is 13.1. The number of nitrogens with zero attached hydrogens (tertiary/aromatic N) is 5. The Hall–Kier alpha value is -6.01. The Morgan fingerprint density at radius 3 is 1.82 bits per heavy atom. The van der Waals surface area contributed by atoms with Crippen LogP contribution in [0.5, 0.6) is 11.5 Å². The van der Waals surface area contributed by atoms with Gasteiger partial charge in [-0.2, -0.15) is 15.0 Å². The summed E-state index contributed by atoms with van der Waals surface area (Å²) in [6, 6.07) is 50.1. The first-order valence-corrected chi connectivity index (χ1v) is 14.5. The molecule has 44 heavy (non-hydrogen) atoms. The zero-order chi connectivity index (χ0) is 29.3. The predicted octanol–water partition coefficient (Wildman–Crippen LogP) is 8.62. The highest BCUT2D eigenvalue weighted by Gasteiger charge is 2.47. The van der Waals surface area contributed by atoms with E-state index in [1.165, 1.54) is 0 Å². The van der Waals surface area contributed by atoms with E-state index in [1.807, 2.05) is 42.6 Å². The minimum atomic E-state index is -0.708. The Morgan fingerprint density at radius 2 is 1.11 bits per heavy atom. The van der Waals surface area contributed by atoms with E-state index >= 15 is 0 Å². The van der Waals surface area contributed by atoms with Crippen LogP contribution in [0.25, 0.3) is 5.69 Å². The van der Waals surface area contributed by atoms with Gasteiger partial charge in [-0.15, -0.1) is 0 Å². The predicted molar refractivity (Wildman–Crippen MR) is 172 cm³/mol. The van der Waals surface area contributed by atoms with E-state index in [-0.39, 0.29) is 0 Å². The summed E-state index contributed by atoms with van der Waals surface area (Å²) in [5.74, 6) is 1.42. The third-order valence-corrected chi connectivity index (χ3v) is 8.13. The van der Waals surface area contributed by atoms with Crippen molar-refractivity contribution in [3.8, 4) is 17.2 Å². The van der Waals surface area contributed by atoms with E-state index in [9.17, 15) is 0 Å². The van der Waals surface area contributed by atoms with Crippen LogP contribution in [-0.4, -0.2) is 20.0 Å². The molecule has 0 radical (unpaired) electrons. The van der Waals surface area contributed by atoms with Gasteiger partial charge in [-0.05, 0) is 77.4 Å². The molecule has 1 aliphatic rings. The number of pyridine rings is 1. The third kappa shape index (κ3) is 4.15. The molecular weight excluding hydrogens is 542 g/mol. The SMILES string of the molecule is c1ccc(N2c3ccccc3C(c3cccc(Oc4cccc(-n5nccn5)c4)c3)(c3ccccn3)c3ccccc32)cc1. The molecule has 0 bridgehead atoms. The molecule has 0 amide bonds. The van der Waals surface area contributed by atoms with Crippen LogP contribution in [0, 0.1) is 0 Å². The zero-order valence-corrected chi connectivity index (χ0v) is 23.7. The standard InChI is InChI=1S/C38H27N5O/c1-2-13-29(14-3-1)42-35-20-6-4-18-33(35)38(37-22-8-9-23-39-37,34-19-5-7-21-36(34)42)28-12-10-16-31(26-28)44-32-17-11-15-30(27-32)43-40-24-25-41-43/h1-27H. The minimum Gasteiger partial charge on any atom is -0.457 e. The summed E-state index contributed by atoms with van der Waals surface area (Å²) in [6.45, 7) is 0. The van der Waals surface area contributed by atoms with Gasteiger partial charge in [0.25, 0.3) is 0 Å². The van der Waals surface area contributed by atoms with Crippen molar-refractivity contribution < 1.29 is 4.74 Å². The lowest BCUT2D eigenvalue weighted by atomic mass is 9.64. The summed E-state index contributed by atoms with van der Waals surface area (Å²) >= 11 is 0. The first-order chi connectivity index (χ1) is 21.8. The van der Waals surface area contributed by atoms with Gasteiger partial charge in [-0.1, -0.05) is 78.9 Å². The Bertz CT molecular complexity index is 2010. The Kier molecular flexibility index (Phi) is 6.23. The van der Waals surface area contributed by atoms with Crippen LogP contribution in [0.1, 0.15) is 22.4 Å². The van der Waals surface area contributed by atoms with Crippen LogP contribution in [0.4, 0.5) is 17.1 Å². The van der Waals surface area contributed by atoms with Crippen LogP contribution < -0.4 is 9.64 Å². The first kappa shape index (κ1) is 25.7. The van der Waals surface area contributed by atoms with Crippen LogP contribution in [0.3, 0.4) is 0 Å². The number of hydrogen-bond donors (Lipinski definition) is 0. The Morgan fingerprint density at radius 1 is 0.500 bits per heavy atom. The number of hydrogen-bond acceptors (Lipinski definition) is 5. The number of ether oxygens (including phenoxy) is 1. The summed E-state index contributed by atoms with van der Waals surface area (Å²) in [5, 5.41) is 8.52. The summed E-state index contributed by atoms with van der Waals surface area (Å²) in [6.07, 6.45) is 5.20. The van der Waals surface area contributed by atoms with Gasteiger partial charge in [0.05, 0.1) is 40.6 Å². The highest BCUT2D eigenvalue weighted by atomic mass is 16.5. The molecule has 2 aromatic heterocycles. The maximum atomic E-state index is 6.50. The topological polar surface area (TPSA) is 56.1 Å². The van der Waals surface area contributed by atoms with Gasteiger partial charge in [0.15, 0.2) is 0 Å². The molecule has 3 heterocycles. The van der Waals surface area contributed by atoms with Gasteiger partial charge < -0.3 is 9.64 Å². The number of fused-ring (bicyclic) bond motifs is 2. The average Bonchev–Trinajstić information content (AvgIpc) is 3.64. The molecule has 5 aromatic carbocycles. The molecule has 0 saturated heterocycles. The number of benzene rings is 5. The zero-order valence-electron chi connectivity index (χ0n) is 23.7. The van der Waals surface area contributed by atoms with Gasteiger partial charge in [-0.3, -0.25) is 4.98 Å². The van der Waals surface area contributed by atoms with Gasteiger partial charge in [-0.25, -0.2) is 0 Å². The summed E-state index contributed by atoms with van der Waals surface area (Å²) in [5.41, 5.74) is 7.72. The summed E-state index contributed by atoms with van der Waals surface area (Å²) < 4.78 is 6.50. The van der Waals surface area contributed by atoms with E-state index in [0.717, 1.165) is 50.9 Å². The molecule has 6 nitrogen and oxygen atoms in total. The van der Waals surface area contributed by atoms with E-state index in [1.54, 1.807) is 17.2 Å². The summed E-state index contributed by atoms with van der Waals surface area (Å²) in [4.78, 5) is 8.95. The quantitative estimate of drug-likeness (QED) is 0.201. The Balaban J connectivity index is 1.34. The second-order valence-electron chi connectivity index (χ2n) is 10.6. The lowest BCUT2D eigenvalue weighted by Gasteiger charge is -2.45. The van der Waals surface area contributed by atoms with Crippen molar-refractivity contribution >= 4 is 17.1 Å². The maximum Gasteiger partial charge on any atom is 0.129 e. The highest BCUT2D eigenvalue weighted by Crippen LogP contribution is 2.57. The lowest BCUT2D eigenvalue weighted by molar-refractivity contribution is 0.480. The van der Waals surface area contributed by atoms with Crippen molar-refractivity contribution in [1.82, 2.24) is 20.0 Å². The smallest absolute Gasteiger partial charge is 0.129 e. The van der Waals surface area contributed by atoms with Crippen LogP contribution in [0.2, 0.25) is 0 Å². The third-order valence-electron chi connectivity index (χ3n) is 8.13. The summed E-state index contributed by atoms with van der Waals surface area (Å²) in [7, 11) is 0. The molecule has 1 aliphatic heterocycles. The molecule has 6 heteroatoms. The number of anilines is 3. The lowest BCUT2D eigenvalue weighted by Crippen LogP contribution is -2.38. The molecule has 0 aliphatic carbocycles. The molecule has 8 rings (SSSR count). The van der Waals surface area contributed by atoms with Crippen LogP contribution >= 0.6 is 0 Å². The van der Waals surface area contributed by atoms with E-state index < -0.39 is 5.41 Å². The molecule has 0 spiro atoms. The monoisotopic (exact) mass is 569 g/mol. The molecule has 0 fully saturated rings. The van der Waals surface area contributed by atoms with E-state index in [0.29, 0.717) is 5.75 Å². The molecule has 7 aromatic rings. The molecule has 0 unspecified atom stereocenters. The highest BCUT2D eigenvalue weighted by molar-refractivity contribution is 5.89. The number of para-hydroxylation sites is 3. The fraction of sp³-hybridized carbons (Fsp3) is 0.0263. The average molecular weight is 570 g/mol. The molecule has 0 atom stereocenters. The minimum absolute atomic E-state index is 0.698. The number of rotatable bonds is 6. The fourth-order valence-corrected chi connectivity index (χ4v) is 6.37. The maximum absolute atomic E-state index is 6.50. The second kappa shape index (κ2) is 10.7. The van der Waals surface area contributed by atoms with Crippen molar-refractivity contribution in [2.75, 3.05) is 4.90 Å². The molecule has 0 saturated carbocycles. The first-order valence-electron chi connectivity index (χ1n) is 14.5. The van der Waals surface area contributed by atoms with Gasteiger partial charge >= 0.3 is 0 Å². The molecule has 0 N–H and O–H groups in total. The van der Waals surface area contributed by atoms with Crippen molar-refractivity contribution in [3.63, 3.8) is 0 Å². The van der Waals surface area contributed by atoms with Crippen molar-refractivity contribution in [2.24, 2.45) is 0 Å². The van der Waals surface area contributed by atoms with E-state index in [4.69, 9.17) is 9.72 Å². The number of aromatic nitrogens is 4. The molecular formula is C38H27N5O. The van der Waals surface area contributed by atoms with Crippen molar-refractivity contribution in [1.29, 1.82) is 0 Å². The van der Waals surface area contributed by atoms with Crippen molar-refractivity contribution in [2.45, 2.75) is 5.41 Å². The molecule has 210 valence electrons. The Labute approximate surface area is 255 Å². The van der Waals surface area contributed by atoms with Gasteiger partial charge in [0.1, 0.15) is 11.5 Å². The largest absolute Gasteiger partial charge is 0.457 e. The van der Waals surface area contributed by atoms with Crippen molar-refractivity contribution in [3.05, 3.63) is 187 Å². The van der Waals surface area contributed by atoms with Crippen LogP contribution in [-0.2, 0) is 5.41 Å². The van der Waals surface area contributed by atoms with Crippen LogP contribution in [0.15, 0.2) is 164 Å². The fourth-order valence-electron chi connectivity index (χ4n) is 6.37.